The van der Waals surface area contributed by atoms with Gasteiger partial charge in [-0.3, -0.25) is 4.79 Å². The van der Waals surface area contributed by atoms with Gasteiger partial charge < -0.3 is 5.32 Å². The van der Waals surface area contributed by atoms with Crippen molar-refractivity contribution in [1.82, 2.24) is 4.31 Å². The van der Waals surface area contributed by atoms with Crippen LogP contribution in [0.4, 0.5) is 5.69 Å². The summed E-state index contributed by atoms with van der Waals surface area (Å²) in [5.74, 6) is -0.323. The zero-order chi connectivity index (χ0) is 18.9. The van der Waals surface area contributed by atoms with Gasteiger partial charge in [-0.15, -0.1) is 11.3 Å². The van der Waals surface area contributed by atoms with Gasteiger partial charge in [0.1, 0.15) is 10.3 Å². The molecule has 1 amide bonds. The third kappa shape index (κ3) is 3.53. The van der Waals surface area contributed by atoms with Gasteiger partial charge in [-0.25, -0.2) is 8.42 Å². The van der Waals surface area contributed by atoms with Gasteiger partial charge in [-0.2, -0.15) is 4.31 Å². The standard InChI is InChI=1S/C20H18N2O3S2/c23-20(21-17-9-2-1-3-10-17)18-13-15-7-4-5-8-16(15)14-22(18)27(24,25)19-11-6-12-26-19/h1-12,18H,13-14H2,(H,21,23). The number of nitrogens with zero attached hydrogens (tertiary/aromatic N) is 1. The first-order valence-corrected chi connectivity index (χ1v) is 10.9. The number of hydrogen-bond donors (Lipinski definition) is 1. The third-order valence-corrected chi connectivity index (χ3v) is 7.84. The van der Waals surface area contributed by atoms with E-state index in [1.165, 1.54) is 4.31 Å². The summed E-state index contributed by atoms with van der Waals surface area (Å²) in [5.41, 5.74) is 2.58. The quantitative estimate of drug-likeness (QED) is 0.731. The van der Waals surface area contributed by atoms with Crippen LogP contribution in [-0.2, 0) is 27.8 Å². The van der Waals surface area contributed by atoms with Crippen LogP contribution in [0.2, 0.25) is 0 Å². The normalized spacial score (nSPS) is 17.3. The number of fused-ring (bicyclic) bond motifs is 1. The molecule has 0 bridgehead atoms. The Morgan fingerprint density at radius 1 is 0.963 bits per heavy atom. The molecule has 7 heteroatoms. The van der Waals surface area contributed by atoms with Crippen LogP contribution in [0.25, 0.3) is 0 Å². The van der Waals surface area contributed by atoms with Gasteiger partial charge in [0.2, 0.25) is 5.91 Å². The predicted octanol–water partition coefficient (Wildman–Crippen LogP) is 3.50. The molecular weight excluding hydrogens is 380 g/mol. The van der Waals surface area contributed by atoms with E-state index in [9.17, 15) is 13.2 Å². The number of carbonyl (C=O) groups excluding carboxylic acids is 1. The lowest BCUT2D eigenvalue weighted by Gasteiger charge is -2.34. The van der Waals surface area contributed by atoms with E-state index < -0.39 is 16.1 Å². The van der Waals surface area contributed by atoms with E-state index in [2.05, 4.69) is 5.32 Å². The summed E-state index contributed by atoms with van der Waals surface area (Å²) >= 11 is 1.16. The molecule has 0 saturated heterocycles. The molecule has 138 valence electrons. The van der Waals surface area contributed by atoms with Crippen LogP contribution in [0.5, 0.6) is 0 Å². The number of thiophene rings is 1. The van der Waals surface area contributed by atoms with Crippen molar-refractivity contribution in [1.29, 1.82) is 0 Å². The van der Waals surface area contributed by atoms with Gasteiger partial charge in [-0.05, 0) is 41.1 Å². The van der Waals surface area contributed by atoms with E-state index in [-0.39, 0.29) is 16.7 Å². The SMILES string of the molecule is O=C(Nc1ccccc1)C1Cc2ccccc2CN1S(=O)(=O)c1cccs1. The number of hydrogen-bond acceptors (Lipinski definition) is 4. The molecule has 3 aromatic rings. The lowest BCUT2D eigenvalue weighted by Crippen LogP contribution is -2.50. The maximum Gasteiger partial charge on any atom is 0.253 e. The molecule has 1 aliphatic heterocycles. The molecule has 0 radical (unpaired) electrons. The third-order valence-electron chi connectivity index (χ3n) is 4.61. The molecule has 0 spiro atoms. The van der Waals surface area contributed by atoms with Crippen molar-refractivity contribution >= 4 is 33.0 Å². The number of carbonyl (C=O) groups is 1. The van der Waals surface area contributed by atoms with Crippen LogP contribution in [0, 0.1) is 0 Å². The van der Waals surface area contributed by atoms with Crippen molar-refractivity contribution in [3.8, 4) is 0 Å². The highest BCUT2D eigenvalue weighted by atomic mass is 32.2. The Labute approximate surface area is 162 Å². The number of nitrogens with one attached hydrogen (secondary N) is 1. The Morgan fingerprint density at radius 2 is 1.67 bits per heavy atom. The minimum absolute atomic E-state index is 0.184. The van der Waals surface area contributed by atoms with E-state index in [4.69, 9.17) is 0 Å². The zero-order valence-electron chi connectivity index (χ0n) is 14.4. The molecule has 0 fully saturated rings. The van der Waals surface area contributed by atoms with Crippen molar-refractivity contribution in [2.45, 2.75) is 23.2 Å². The molecule has 1 aliphatic rings. The minimum Gasteiger partial charge on any atom is -0.325 e. The van der Waals surface area contributed by atoms with Crippen molar-refractivity contribution in [3.63, 3.8) is 0 Å². The number of para-hydroxylation sites is 1. The van der Waals surface area contributed by atoms with Crippen molar-refractivity contribution in [2.75, 3.05) is 5.32 Å². The Morgan fingerprint density at radius 3 is 2.37 bits per heavy atom. The first-order chi connectivity index (χ1) is 13.1. The highest BCUT2D eigenvalue weighted by Crippen LogP contribution is 2.31. The first kappa shape index (κ1) is 17.9. The Balaban J connectivity index is 1.71. The second-order valence-corrected chi connectivity index (χ2v) is 9.39. The monoisotopic (exact) mass is 398 g/mol. The molecule has 5 nitrogen and oxygen atoms in total. The molecular formula is C20H18N2O3S2. The molecule has 0 saturated carbocycles. The van der Waals surface area contributed by atoms with E-state index in [0.29, 0.717) is 12.1 Å². The fourth-order valence-corrected chi connectivity index (χ4v) is 5.93. The maximum atomic E-state index is 13.2. The van der Waals surface area contributed by atoms with E-state index in [1.54, 1.807) is 29.6 Å². The van der Waals surface area contributed by atoms with Gasteiger partial charge in [0, 0.05) is 12.2 Å². The van der Waals surface area contributed by atoms with E-state index >= 15 is 0 Å². The Hall–Kier alpha value is -2.48. The van der Waals surface area contributed by atoms with Gasteiger partial charge in [0.15, 0.2) is 0 Å². The van der Waals surface area contributed by atoms with Crippen molar-refractivity contribution < 1.29 is 13.2 Å². The summed E-state index contributed by atoms with van der Waals surface area (Å²) in [6.07, 6.45) is 0.347. The number of rotatable bonds is 4. The van der Waals surface area contributed by atoms with Crippen molar-refractivity contribution in [2.24, 2.45) is 0 Å². The van der Waals surface area contributed by atoms with Crippen LogP contribution in [0.3, 0.4) is 0 Å². The second kappa shape index (κ2) is 7.26. The molecule has 2 aromatic carbocycles. The zero-order valence-corrected chi connectivity index (χ0v) is 16.0. The van der Waals surface area contributed by atoms with E-state index in [1.807, 2.05) is 42.5 Å². The lowest BCUT2D eigenvalue weighted by molar-refractivity contribution is -0.120. The van der Waals surface area contributed by atoms with Gasteiger partial charge >= 0.3 is 0 Å². The minimum atomic E-state index is -3.76. The topological polar surface area (TPSA) is 66.5 Å². The lowest BCUT2D eigenvalue weighted by atomic mass is 9.95. The fourth-order valence-electron chi connectivity index (χ4n) is 3.25. The number of benzene rings is 2. The van der Waals surface area contributed by atoms with Crippen LogP contribution in [0.1, 0.15) is 11.1 Å². The summed E-state index contributed by atoms with van der Waals surface area (Å²) in [6, 6.07) is 19.2. The summed E-state index contributed by atoms with van der Waals surface area (Å²) in [5, 5.41) is 4.57. The molecule has 0 aliphatic carbocycles. The average Bonchev–Trinajstić information content (AvgIpc) is 3.23. The molecule has 27 heavy (non-hydrogen) atoms. The Kier molecular flexibility index (Phi) is 4.82. The summed E-state index contributed by atoms with van der Waals surface area (Å²) in [6.45, 7) is 0.184. The van der Waals surface area contributed by atoms with Crippen LogP contribution in [0.15, 0.2) is 76.3 Å². The summed E-state index contributed by atoms with van der Waals surface area (Å²) < 4.78 is 27.9. The highest BCUT2D eigenvalue weighted by Gasteiger charge is 2.40. The van der Waals surface area contributed by atoms with Crippen LogP contribution < -0.4 is 5.32 Å². The number of anilines is 1. The molecule has 1 atom stereocenters. The smallest absolute Gasteiger partial charge is 0.253 e. The molecule has 1 unspecified atom stereocenters. The molecule has 2 heterocycles. The van der Waals surface area contributed by atoms with Crippen LogP contribution in [-0.4, -0.2) is 24.7 Å². The largest absolute Gasteiger partial charge is 0.325 e. The van der Waals surface area contributed by atoms with Gasteiger partial charge in [0.25, 0.3) is 10.0 Å². The highest BCUT2D eigenvalue weighted by molar-refractivity contribution is 7.91. The average molecular weight is 399 g/mol. The molecule has 1 N–H and O–H groups in total. The van der Waals surface area contributed by atoms with Gasteiger partial charge in [-0.1, -0.05) is 48.5 Å². The molecule has 4 rings (SSSR count). The number of sulfonamides is 1. The van der Waals surface area contributed by atoms with Gasteiger partial charge in [0.05, 0.1) is 0 Å². The molecule has 1 aromatic heterocycles. The maximum absolute atomic E-state index is 13.2. The van der Waals surface area contributed by atoms with Crippen LogP contribution >= 0.6 is 11.3 Å². The van der Waals surface area contributed by atoms with Crippen molar-refractivity contribution in [3.05, 3.63) is 83.2 Å². The second-order valence-electron chi connectivity index (χ2n) is 6.33. The van der Waals surface area contributed by atoms with E-state index in [0.717, 1.165) is 22.5 Å². The Bertz CT molecular complexity index is 1050. The number of amides is 1. The first-order valence-electron chi connectivity index (χ1n) is 8.54. The predicted molar refractivity (Wildman–Crippen MR) is 106 cm³/mol. The summed E-state index contributed by atoms with van der Waals surface area (Å²) in [4.78, 5) is 13.0. The summed E-state index contributed by atoms with van der Waals surface area (Å²) in [7, 11) is -3.76. The fraction of sp³-hybridized carbons (Fsp3) is 0.150.